The van der Waals surface area contributed by atoms with Gasteiger partial charge in [-0.1, -0.05) is 40.5 Å². The number of aliphatic carboxylic acids is 1. The smallest absolute Gasteiger partial charge is 0.326 e. The summed E-state index contributed by atoms with van der Waals surface area (Å²) in [5.74, 6) is -3.37. The zero-order chi connectivity index (χ0) is 25.1. The average Bonchev–Trinajstić information content (AvgIpc) is 3.31. The van der Waals surface area contributed by atoms with Crippen LogP contribution >= 0.6 is 12.6 Å². The fourth-order valence-electron chi connectivity index (χ4n) is 3.01. The van der Waals surface area contributed by atoms with Crippen molar-refractivity contribution >= 4 is 36.3 Å². The standard InChI is InChI=1S/C21H36N6O5S/c1-5-11(3)16(22)20(30)26-15(9-33)19(29)25-14(7-13-8-23-10-24-13)18(28)27-17(21(31)32)12(4)6-2/h8,10-12,14-17,33H,5-7,9,22H2,1-4H3,(H,23,24)(H,25,29)(H,26,30)(H,27,28)(H,31,32). The van der Waals surface area contributed by atoms with Crippen LogP contribution in [0.25, 0.3) is 0 Å². The minimum Gasteiger partial charge on any atom is -0.480 e. The van der Waals surface area contributed by atoms with E-state index >= 15 is 0 Å². The van der Waals surface area contributed by atoms with E-state index in [1.807, 2.05) is 20.8 Å². The maximum Gasteiger partial charge on any atom is 0.326 e. The van der Waals surface area contributed by atoms with Crippen molar-refractivity contribution in [2.75, 3.05) is 5.75 Å². The summed E-state index contributed by atoms with van der Waals surface area (Å²) in [5.41, 5.74) is 6.51. The maximum atomic E-state index is 13.0. The van der Waals surface area contributed by atoms with Crippen LogP contribution in [0.3, 0.4) is 0 Å². The molecule has 0 aliphatic carbocycles. The first-order valence-corrected chi connectivity index (χ1v) is 11.7. The van der Waals surface area contributed by atoms with Gasteiger partial charge in [0.15, 0.2) is 0 Å². The molecule has 7 N–H and O–H groups in total. The minimum absolute atomic E-state index is 0.0200. The van der Waals surface area contributed by atoms with Crippen molar-refractivity contribution in [2.24, 2.45) is 17.6 Å². The molecule has 6 atom stereocenters. The SMILES string of the molecule is CCC(C)C(N)C(=O)NC(CS)C(=O)NC(Cc1cnc[nH]1)C(=O)NC(C(=O)O)C(C)CC. The summed E-state index contributed by atoms with van der Waals surface area (Å²) in [5, 5.41) is 17.2. The summed E-state index contributed by atoms with van der Waals surface area (Å²) < 4.78 is 0. The van der Waals surface area contributed by atoms with Gasteiger partial charge in [0.25, 0.3) is 0 Å². The molecular formula is C21H36N6O5S. The highest BCUT2D eigenvalue weighted by Gasteiger charge is 2.32. The third kappa shape index (κ3) is 8.69. The number of carboxylic acids is 1. The van der Waals surface area contributed by atoms with Crippen LogP contribution < -0.4 is 21.7 Å². The molecule has 0 saturated carbocycles. The fourth-order valence-corrected chi connectivity index (χ4v) is 3.27. The molecule has 1 heterocycles. The van der Waals surface area contributed by atoms with E-state index in [0.29, 0.717) is 18.5 Å². The number of hydrogen-bond donors (Lipinski definition) is 7. The predicted octanol–water partition coefficient (Wildman–Crippen LogP) is -0.159. The van der Waals surface area contributed by atoms with E-state index in [0.717, 1.165) is 0 Å². The molecule has 0 aliphatic heterocycles. The number of carboxylic acid groups (broad SMARTS) is 1. The van der Waals surface area contributed by atoms with Crippen molar-refractivity contribution in [3.05, 3.63) is 18.2 Å². The van der Waals surface area contributed by atoms with Crippen molar-refractivity contribution in [1.82, 2.24) is 25.9 Å². The van der Waals surface area contributed by atoms with E-state index in [1.54, 1.807) is 6.92 Å². The van der Waals surface area contributed by atoms with Crippen LogP contribution in [0.1, 0.15) is 46.2 Å². The van der Waals surface area contributed by atoms with Gasteiger partial charge in [-0.25, -0.2) is 9.78 Å². The number of aromatic nitrogens is 2. The number of nitrogens with one attached hydrogen (secondary N) is 4. The van der Waals surface area contributed by atoms with Crippen molar-refractivity contribution in [1.29, 1.82) is 0 Å². The van der Waals surface area contributed by atoms with Gasteiger partial charge in [-0.15, -0.1) is 0 Å². The summed E-state index contributed by atoms with van der Waals surface area (Å²) in [4.78, 5) is 56.6. The normalized spacial score (nSPS) is 16.5. The number of amides is 3. The number of nitrogens with two attached hydrogens (primary N) is 1. The van der Waals surface area contributed by atoms with Crippen molar-refractivity contribution in [3.63, 3.8) is 0 Å². The van der Waals surface area contributed by atoms with E-state index in [1.165, 1.54) is 12.5 Å². The van der Waals surface area contributed by atoms with E-state index < -0.39 is 47.9 Å². The summed E-state index contributed by atoms with van der Waals surface area (Å²) in [6, 6.07) is -4.04. The molecule has 186 valence electrons. The number of imidazole rings is 1. The lowest BCUT2D eigenvalue weighted by Gasteiger charge is -2.26. The molecule has 1 rings (SSSR count). The Balaban J connectivity index is 2.99. The van der Waals surface area contributed by atoms with Crippen LogP contribution in [0.2, 0.25) is 0 Å². The number of hydrogen-bond acceptors (Lipinski definition) is 7. The minimum atomic E-state index is -1.16. The number of nitrogens with zero attached hydrogens (tertiary/aromatic N) is 1. The highest BCUT2D eigenvalue weighted by atomic mass is 32.1. The van der Waals surface area contributed by atoms with Crippen LogP contribution in [0, 0.1) is 11.8 Å². The second-order valence-electron chi connectivity index (χ2n) is 8.21. The topological polar surface area (TPSA) is 179 Å². The van der Waals surface area contributed by atoms with Gasteiger partial charge in [0, 0.05) is 24.1 Å². The highest BCUT2D eigenvalue weighted by molar-refractivity contribution is 7.80. The van der Waals surface area contributed by atoms with Crippen LogP contribution in [0.15, 0.2) is 12.5 Å². The first-order chi connectivity index (χ1) is 15.5. The lowest BCUT2D eigenvalue weighted by molar-refractivity contribution is -0.143. The lowest BCUT2D eigenvalue weighted by Crippen LogP contribution is -2.59. The number of H-pyrrole nitrogens is 1. The van der Waals surface area contributed by atoms with Gasteiger partial charge in [0.05, 0.1) is 12.4 Å². The number of carbonyl (C=O) groups is 4. The number of thiol groups is 1. The summed E-state index contributed by atoms with van der Waals surface area (Å²) >= 11 is 4.15. The van der Waals surface area contributed by atoms with Crippen molar-refractivity contribution in [2.45, 2.75) is 71.1 Å². The zero-order valence-electron chi connectivity index (χ0n) is 19.5. The molecular weight excluding hydrogens is 448 g/mol. The molecule has 1 aromatic rings. The number of carbonyl (C=O) groups excluding carboxylic acids is 3. The molecule has 6 unspecified atom stereocenters. The quantitative estimate of drug-likeness (QED) is 0.179. The second kappa shape index (κ2) is 13.8. The van der Waals surface area contributed by atoms with E-state index in [2.05, 4.69) is 38.5 Å². The van der Waals surface area contributed by atoms with Gasteiger partial charge in [-0.2, -0.15) is 12.6 Å². The first kappa shape index (κ1) is 28.4. The zero-order valence-corrected chi connectivity index (χ0v) is 20.4. The van der Waals surface area contributed by atoms with Gasteiger partial charge in [0.1, 0.15) is 18.1 Å². The van der Waals surface area contributed by atoms with Crippen LogP contribution in [0.5, 0.6) is 0 Å². The average molecular weight is 485 g/mol. The lowest BCUT2D eigenvalue weighted by atomic mass is 9.98. The number of aromatic amines is 1. The molecule has 0 aromatic carbocycles. The largest absolute Gasteiger partial charge is 0.480 e. The van der Waals surface area contributed by atoms with Crippen molar-refractivity contribution in [3.8, 4) is 0 Å². The molecule has 0 bridgehead atoms. The van der Waals surface area contributed by atoms with Gasteiger partial charge < -0.3 is 31.8 Å². The monoisotopic (exact) mass is 484 g/mol. The Labute approximate surface area is 199 Å². The van der Waals surface area contributed by atoms with E-state index in [-0.39, 0.29) is 24.0 Å². The Morgan fingerprint density at radius 2 is 1.61 bits per heavy atom. The Morgan fingerprint density at radius 1 is 1.03 bits per heavy atom. The summed E-state index contributed by atoms with van der Waals surface area (Å²) in [6.07, 6.45) is 4.21. The van der Waals surface area contributed by atoms with E-state index in [9.17, 15) is 24.3 Å². The van der Waals surface area contributed by atoms with Crippen LogP contribution in [0.4, 0.5) is 0 Å². The Hall–Kier alpha value is -2.60. The second-order valence-corrected chi connectivity index (χ2v) is 8.57. The summed E-state index contributed by atoms with van der Waals surface area (Å²) in [6.45, 7) is 7.28. The van der Waals surface area contributed by atoms with Gasteiger partial charge in [-0.3, -0.25) is 14.4 Å². The van der Waals surface area contributed by atoms with Gasteiger partial charge >= 0.3 is 5.97 Å². The van der Waals surface area contributed by atoms with E-state index in [4.69, 9.17) is 5.73 Å². The van der Waals surface area contributed by atoms with Crippen LogP contribution in [-0.4, -0.2) is 68.7 Å². The Morgan fingerprint density at radius 3 is 2.09 bits per heavy atom. The molecule has 12 heteroatoms. The Bertz CT molecular complexity index is 790. The fraction of sp³-hybridized carbons (Fsp3) is 0.667. The van der Waals surface area contributed by atoms with Gasteiger partial charge in [0.2, 0.25) is 17.7 Å². The molecule has 33 heavy (non-hydrogen) atoms. The first-order valence-electron chi connectivity index (χ1n) is 11.0. The third-order valence-electron chi connectivity index (χ3n) is 5.76. The molecule has 0 radical (unpaired) electrons. The third-order valence-corrected chi connectivity index (χ3v) is 6.13. The molecule has 11 nitrogen and oxygen atoms in total. The maximum absolute atomic E-state index is 13.0. The molecule has 0 fully saturated rings. The van der Waals surface area contributed by atoms with Gasteiger partial charge in [-0.05, 0) is 11.8 Å². The predicted molar refractivity (Wildman–Crippen MR) is 126 cm³/mol. The Kier molecular flexibility index (Phi) is 11.9. The van der Waals surface area contributed by atoms with Crippen molar-refractivity contribution < 1.29 is 24.3 Å². The molecule has 0 spiro atoms. The van der Waals surface area contributed by atoms with Crippen LogP contribution in [-0.2, 0) is 25.6 Å². The number of rotatable bonds is 14. The molecule has 0 aliphatic rings. The molecule has 0 saturated heterocycles. The summed E-state index contributed by atoms with van der Waals surface area (Å²) in [7, 11) is 0. The molecule has 1 aromatic heterocycles. The highest BCUT2D eigenvalue weighted by Crippen LogP contribution is 2.10. The molecule has 3 amide bonds.